The molecule has 0 radical (unpaired) electrons. The topological polar surface area (TPSA) is 21.1 Å². The number of fused-ring (bicyclic) bond motifs is 1. The number of aromatic nitrogens is 2. The van der Waals surface area contributed by atoms with Crippen LogP contribution in [0.3, 0.4) is 0 Å². The molecule has 21 heavy (non-hydrogen) atoms. The van der Waals surface area contributed by atoms with Gasteiger partial charge in [0.1, 0.15) is 5.82 Å². The molecule has 1 aliphatic rings. The number of benzene rings is 1. The predicted octanol–water partition coefficient (Wildman–Crippen LogP) is 4.47. The second kappa shape index (κ2) is 6.15. The average molecular weight is 326 g/mol. The number of rotatable bonds is 6. The SMILES string of the molecule is CCN(CCn1c(C(C)Cl)nc2cc(Cl)ccc21)C1CC1. The molecule has 1 aromatic heterocycles. The zero-order chi connectivity index (χ0) is 15.0. The molecule has 1 fully saturated rings. The number of likely N-dealkylation sites (N-methyl/N-ethyl adjacent to an activating group) is 1. The van der Waals surface area contributed by atoms with E-state index in [1.165, 1.54) is 12.8 Å². The number of nitrogens with zero attached hydrogens (tertiary/aromatic N) is 3. The zero-order valence-electron chi connectivity index (χ0n) is 12.5. The van der Waals surface area contributed by atoms with E-state index in [0.717, 1.165) is 42.5 Å². The molecule has 0 N–H and O–H groups in total. The minimum Gasteiger partial charge on any atom is -0.325 e. The number of hydrogen-bond acceptors (Lipinski definition) is 2. The number of imidazole rings is 1. The Labute approximate surface area is 135 Å². The minimum atomic E-state index is -0.104. The highest BCUT2D eigenvalue weighted by Crippen LogP contribution is 2.29. The summed E-state index contributed by atoms with van der Waals surface area (Å²) in [5, 5.41) is 0.612. The molecule has 0 bridgehead atoms. The van der Waals surface area contributed by atoms with Crippen molar-refractivity contribution in [2.75, 3.05) is 13.1 Å². The molecule has 1 aliphatic carbocycles. The lowest BCUT2D eigenvalue weighted by Gasteiger charge is -2.21. The van der Waals surface area contributed by atoms with Gasteiger partial charge >= 0.3 is 0 Å². The molecule has 3 nitrogen and oxygen atoms in total. The van der Waals surface area contributed by atoms with Gasteiger partial charge in [-0.25, -0.2) is 4.98 Å². The Kier molecular flexibility index (Phi) is 4.43. The summed E-state index contributed by atoms with van der Waals surface area (Å²) in [7, 11) is 0. The van der Waals surface area contributed by atoms with Gasteiger partial charge in [0.05, 0.1) is 16.4 Å². The third kappa shape index (κ3) is 3.20. The summed E-state index contributed by atoms with van der Waals surface area (Å²) in [4.78, 5) is 7.21. The molecule has 3 rings (SSSR count). The first-order valence-electron chi connectivity index (χ1n) is 7.64. The molecule has 0 aliphatic heterocycles. The van der Waals surface area contributed by atoms with Crippen molar-refractivity contribution in [3.8, 4) is 0 Å². The number of halogens is 2. The van der Waals surface area contributed by atoms with E-state index in [0.29, 0.717) is 5.02 Å². The lowest BCUT2D eigenvalue weighted by atomic mass is 10.3. The molecule has 1 unspecified atom stereocenters. The normalized spacial score (nSPS) is 16.8. The summed E-state index contributed by atoms with van der Waals surface area (Å²) in [6.07, 6.45) is 2.68. The fraction of sp³-hybridized carbons (Fsp3) is 0.562. The van der Waals surface area contributed by atoms with Gasteiger partial charge in [0.15, 0.2) is 0 Å². The maximum absolute atomic E-state index is 6.31. The van der Waals surface area contributed by atoms with E-state index in [-0.39, 0.29) is 5.38 Å². The Hall–Kier alpha value is -0.770. The fourth-order valence-electron chi connectivity index (χ4n) is 2.93. The van der Waals surface area contributed by atoms with E-state index in [1.54, 1.807) is 0 Å². The third-order valence-electron chi connectivity index (χ3n) is 4.18. The van der Waals surface area contributed by atoms with Gasteiger partial charge in [-0.15, -0.1) is 11.6 Å². The molecule has 0 amide bonds. The first kappa shape index (κ1) is 15.1. The highest BCUT2D eigenvalue weighted by Gasteiger charge is 2.27. The lowest BCUT2D eigenvalue weighted by Crippen LogP contribution is -2.29. The van der Waals surface area contributed by atoms with E-state index in [2.05, 4.69) is 21.4 Å². The van der Waals surface area contributed by atoms with Gasteiger partial charge in [-0.05, 0) is 44.5 Å². The first-order valence-corrected chi connectivity index (χ1v) is 8.45. The number of hydrogen-bond donors (Lipinski definition) is 0. The van der Waals surface area contributed by atoms with Crippen LogP contribution in [-0.4, -0.2) is 33.6 Å². The van der Waals surface area contributed by atoms with Crippen molar-refractivity contribution in [2.24, 2.45) is 0 Å². The van der Waals surface area contributed by atoms with Crippen molar-refractivity contribution >= 4 is 34.2 Å². The van der Waals surface area contributed by atoms with Crippen LogP contribution in [0.5, 0.6) is 0 Å². The monoisotopic (exact) mass is 325 g/mol. The molecular weight excluding hydrogens is 305 g/mol. The smallest absolute Gasteiger partial charge is 0.127 e. The summed E-state index contributed by atoms with van der Waals surface area (Å²) in [5.74, 6) is 0.931. The molecule has 1 heterocycles. The van der Waals surface area contributed by atoms with Crippen LogP contribution in [0.1, 0.15) is 37.9 Å². The Balaban J connectivity index is 1.89. The Bertz CT molecular complexity index is 632. The van der Waals surface area contributed by atoms with Gasteiger partial charge in [-0.3, -0.25) is 4.90 Å². The van der Waals surface area contributed by atoms with Crippen LogP contribution in [0.15, 0.2) is 18.2 Å². The second-order valence-electron chi connectivity index (χ2n) is 5.73. The van der Waals surface area contributed by atoms with Crippen LogP contribution >= 0.6 is 23.2 Å². The Morgan fingerprint density at radius 1 is 1.43 bits per heavy atom. The summed E-state index contributed by atoms with van der Waals surface area (Å²) in [5.41, 5.74) is 2.05. The standard InChI is InChI=1S/C16H21Cl2N3/c1-3-20(13-5-6-13)8-9-21-15-7-4-12(18)10-14(15)19-16(21)11(2)17/h4,7,10-11,13H,3,5-6,8-9H2,1-2H3. The van der Waals surface area contributed by atoms with Crippen molar-refractivity contribution < 1.29 is 0 Å². The minimum absolute atomic E-state index is 0.104. The highest BCUT2D eigenvalue weighted by molar-refractivity contribution is 6.31. The van der Waals surface area contributed by atoms with Crippen LogP contribution in [0.2, 0.25) is 5.02 Å². The van der Waals surface area contributed by atoms with Crippen molar-refractivity contribution in [3.63, 3.8) is 0 Å². The average Bonchev–Trinajstić information content (AvgIpc) is 3.21. The van der Waals surface area contributed by atoms with Crippen molar-refractivity contribution in [2.45, 2.75) is 44.7 Å². The molecule has 5 heteroatoms. The summed E-state index contributed by atoms with van der Waals surface area (Å²) < 4.78 is 2.24. The second-order valence-corrected chi connectivity index (χ2v) is 6.82. The summed E-state index contributed by atoms with van der Waals surface area (Å²) in [6, 6.07) is 6.66. The quantitative estimate of drug-likeness (QED) is 0.730. The van der Waals surface area contributed by atoms with Crippen LogP contribution in [0, 0.1) is 0 Å². The molecule has 2 aromatic rings. The molecule has 0 spiro atoms. The van der Waals surface area contributed by atoms with E-state index < -0.39 is 0 Å². The van der Waals surface area contributed by atoms with Crippen LogP contribution < -0.4 is 0 Å². The van der Waals surface area contributed by atoms with Gasteiger partial charge in [0.2, 0.25) is 0 Å². The largest absolute Gasteiger partial charge is 0.325 e. The van der Waals surface area contributed by atoms with E-state index in [4.69, 9.17) is 23.2 Å². The van der Waals surface area contributed by atoms with Crippen LogP contribution in [0.25, 0.3) is 11.0 Å². The molecule has 114 valence electrons. The van der Waals surface area contributed by atoms with Crippen molar-refractivity contribution in [3.05, 3.63) is 29.0 Å². The van der Waals surface area contributed by atoms with Crippen LogP contribution in [0.4, 0.5) is 0 Å². The van der Waals surface area contributed by atoms with E-state index in [9.17, 15) is 0 Å². The van der Waals surface area contributed by atoms with Gasteiger partial charge in [0, 0.05) is 24.2 Å². The maximum atomic E-state index is 6.31. The Morgan fingerprint density at radius 3 is 2.81 bits per heavy atom. The van der Waals surface area contributed by atoms with Crippen molar-refractivity contribution in [1.29, 1.82) is 0 Å². The molecule has 0 saturated heterocycles. The van der Waals surface area contributed by atoms with Gasteiger partial charge < -0.3 is 4.57 Å². The third-order valence-corrected chi connectivity index (χ3v) is 4.61. The maximum Gasteiger partial charge on any atom is 0.127 e. The fourth-order valence-corrected chi connectivity index (χ4v) is 3.26. The zero-order valence-corrected chi connectivity index (χ0v) is 14.0. The highest BCUT2D eigenvalue weighted by atomic mass is 35.5. The van der Waals surface area contributed by atoms with Gasteiger partial charge in [-0.1, -0.05) is 18.5 Å². The molecule has 1 saturated carbocycles. The lowest BCUT2D eigenvalue weighted by molar-refractivity contribution is 0.266. The van der Waals surface area contributed by atoms with Crippen LogP contribution in [-0.2, 0) is 6.54 Å². The van der Waals surface area contributed by atoms with E-state index >= 15 is 0 Å². The number of alkyl halides is 1. The summed E-state index contributed by atoms with van der Waals surface area (Å²) in [6.45, 7) is 7.28. The Morgan fingerprint density at radius 2 is 2.19 bits per heavy atom. The molecular formula is C16H21Cl2N3. The first-order chi connectivity index (χ1) is 10.1. The van der Waals surface area contributed by atoms with Crippen molar-refractivity contribution in [1.82, 2.24) is 14.5 Å². The van der Waals surface area contributed by atoms with Gasteiger partial charge in [0.25, 0.3) is 0 Å². The summed E-state index contributed by atoms with van der Waals surface area (Å²) >= 11 is 12.4. The molecule has 1 atom stereocenters. The van der Waals surface area contributed by atoms with E-state index in [1.807, 2.05) is 25.1 Å². The predicted molar refractivity (Wildman–Crippen MR) is 89.3 cm³/mol. The molecule has 1 aromatic carbocycles. The van der Waals surface area contributed by atoms with Gasteiger partial charge in [-0.2, -0.15) is 0 Å².